The normalized spacial score (nSPS) is 12.2. The highest BCUT2D eigenvalue weighted by molar-refractivity contribution is 5.76. The maximum atomic E-state index is 11.6. The van der Waals surface area contributed by atoms with Crippen LogP contribution in [0.15, 0.2) is 4.52 Å². The lowest BCUT2D eigenvalue weighted by Crippen LogP contribution is -2.41. The zero-order valence-electron chi connectivity index (χ0n) is 12.2. The van der Waals surface area contributed by atoms with Gasteiger partial charge in [-0.1, -0.05) is 19.0 Å². The molecule has 112 valence electrons. The third-order valence-electron chi connectivity index (χ3n) is 3.21. The van der Waals surface area contributed by atoms with E-state index in [0.29, 0.717) is 12.3 Å². The number of urea groups is 1. The van der Waals surface area contributed by atoms with Crippen molar-refractivity contribution in [3.05, 3.63) is 17.0 Å². The number of aromatic nitrogens is 1. The second-order valence-electron chi connectivity index (χ2n) is 5.06. The van der Waals surface area contributed by atoms with Gasteiger partial charge >= 0.3 is 12.0 Å². The van der Waals surface area contributed by atoms with Crippen LogP contribution < -0.4 is 10.6 Å². The largest absolute Gasteiger partial charge is 0.481 e. The third-order valence-corrected chi connectivity index (χ3v) is 3.21. The number of carbonyl (C=O) groups excluding carboxylic acids is 1. The minimum atomic E-state index is -0.911. The van der Waals surface area contributed by atoms with Gasteiger partial charge in [-0.15, -0.1) is 0 Å². The van der Waals surface area contributed by atoms with Gasteiger partial charge in [0.05, 0.1) is 11.6 Å². The van der Waals surface area contributed by atoms with E-state index in [1.54, 1.807) is 13.8 Å². The molecular formula is C13H21N3O4. The van der Waals surface area contributed by atoms with Crippen molar-refractivity contribution in [2.75, 3.05) is 6.54 Å². The number of carboxylic acid groups (broad SMARTS) is 1. The molecule has 0 aliphatic heterocycles. The van der Waals surface area contributed by atoms with Crippen molar-refractivity contribution >= 4 is 12.0 Å². The summed E-state index contributed by atoms with van der Waals surface area (Å²) in [5.74, 6) is -0.894. The van der Waals surface area contributed by atoms with Crippen LogP contribution in [0.1, 0.15) is 30.9 Å². The molecule has 0 saturated heterocycles. The molecule has 1 unspecified atom stereocenters. The van der Waals surface area contributed by atoms with Gasteiger partial charge in [-0.05, 0) is 19.8 Å². The topological polar surface area (TPSA) is 104 Å². The Hall–Kier alpha value is -2.05. The number of hydrogen-bond donors (Lipinski definition) is 3. The van der Waals surface area contributed by atoms with E-state index in [-0.39, 0.29) is 12.5 Å². The highest BCUT2D eigenvalue weighted by atomic mass is 16.5. The van der Waals surface area contributed by atoms with Crippen LogP contribution in [0.25, 0.3) is 0 Å². The highest BCUT2D eigenvalue weighted by Crippen LogP contribution is 2.11. The molecule has 0 fully saturated rings. The van der Waals surface area contributed by atoms with Crippen molar-refractivity contribution in [3.63, 3.8) is 0 Å². The second-order valence-corrected chi connectivity index (χ2v) is 5.06. The Labute approximate surface area is 117 Å². The van der Waals surface area contributed by atoms with Gasteiger partial charge in [0.15, 0.2) is 0 Å². The Balaban J connectivity index is 2.43. The molecule has 0 radical (unpaired) electrons. The molecule has 2 amide bonds. The molecule has 1 atom stereocenters. The Morgan fingerprint density at radius 1 is 1.30 bits per heavy atom. The molecule has 0 aliphatic carbocycles. The average molecular weight is 283 g/mol. The highest BCUT2D eigenvalue weighted by Gasteiger charge is 2.22. The summed E-state index contributed by atoms with van der Waals surface area (Å²) in [6, 6.07) is -0.406. The molecule has 0 bridgehead atoms. The Kier molecular flexibility index (Phi) is 5.54. The fourth-order valence-electron chi connectivity index (χ4n) is 1.80. The number of rotatable bonds is 6. The minimum Gasteiger partial charge on any atom is -0.481 e. The number of hydrogen-bond acceptors (Lipinski definition) is 4. The molecule has 0 aliphatic rings. The van der Waals surface area contributed by atoms with E-state index in [0.717, 1.165) is 11.3 Å². The van der Waals surface area contributed by atoms with E-state index in [4.69, 9.17) is 9.63 Å². The van der Waals surface area contributed by atoms with Crippen molar-refractivity contribution in [1.82, 2.24) is 15.8 Å². The molecule has 0 spiro atoms. The average Bonchev–Trinajstić information content (AvgIpc) is 2.66. The summed E-state index contributed by atoms with van der Waals surface area (Å²) < 4.78 is 4.99. The van der Waals surface area contributed by atoms with Crippen molar-refractivity contribution < 1.29 is 19.2 Å². The molecule has 7 heteroatoms. The van der Waals surface area contributed by atoms with Crippen LogP contribution in [-0.2, 0) is 11.3 Å². The number of carbonyl (C=O) groups is 2. The first-order valence-corrected chi connectivity index (χ1v) is 6.49. The van der Waals surface area contributed by atoms with E-state index in [2.05, 4.69) is 15.8 Å². The van der Waals surface area contributed by atoms with E-state index in [1.807, 2.05) is 13.8 Å². The van der Waals surface area contributed by atoms with Gasteiger partial charge in [0.1, 0.15) is 5.76 Å². The first kappa shape index (κ1) is 16.0. The molecule has 1 heterocycles. The van der Waals surface area contributed by atoms with Gasteiger partial charge in [-0.2, -0.15) is 0 Å². The fourth-order valence-corrected chi connectivity index (χ4v) is 1.80. The first-order chi connectivity index (χ1) is 9.32. The van der Waals surface area contributed by atoms with Crippen molar-refractivity contribution in [1.29, 1.82) is 0 Å². The lowest BCUT2D eigenvalue weighted by Gasteiger charge is -2.16. The van der Waals surface area contributed by atoms with Crippen LogP contribution in [0.4, 0.5) is 4.79 Å². The molecule has 1 aromatic rings. The molecule has 0 aromatic carbocycles. The van der Waals surface area contributed by atoms with Gasteiger partial charge in [-0.3, -0.25) is 4.79 Å². The molecule has 3 N–H and O–H groups in total. The van der Waals surface area contributed by atoms with E-state index in [1.165, 1.54) is 0 Å². The maximum absolute atomic E-state index is 11.6. The summed E-state index contributed by atoms with van der Waals surface area (Å²) in [6.45, 7) is 7.58. The summed E-state index contributed by atoms with van der Waals surface area (Å²) in [6.07, 6.45) is 0. The standard InChI is InChI=1S/C13H21N3O4/c1-7(2)10(12(17)18)5-14-13(19)15-6-11-8(3)16-20-9(11)4/h7,10H,5-6H2,1-4H3,(H,17,18)(H2,14,15,19). The summed E-state index contributed by atoms with van der Waals surface area (Å²) in [5, 5.41) is 18.0. The van der Waals surface area contributed by atoms with Gasteiger partial charge in [0.2, 0.25) is 0 Å². The third kappa shape index (κ3) is 4.25. The van der Waals surface area contributed by atoms with Gasteiger partial charge in [0, 0.05) is 18.7 Å². The predicted octanol–water partition coefficient (Wildman–Crippen LogP) is 1.45. The van der Waals surface area contributed by atoms with Crippen molar-refractivity contribution in [3.8, 4) is 0 Å². The Bertz CT molecular complexity index is 462. The number of nitrogens with one attached hydrogen (secondary N) is 2. The van der Waals surface area contributed by atoms with Crippen molar-refractivity contribution in [2.45, 2.75) is 34.2 Å². The van der Waals surface area contributed by atoms with Crippen LogP contribution in [0.2, 0.25) is 0 Å². The van der Waals surface area contributed by atoms with Crippen molar-refractivity contribution in [2.24, 2.45) is 11.8 Å². The van der Waals surface area contributed by atoms with E-state index >= 15 is 0 Å². The van der Waals surface area contributed by atoms with Crippen LogP contribution in [0.5, 0.6) is 0 Å². The Morgan fingerprint density at radius 3 is 2.40 bits per heavy atom. The van der Waals surface area contributed by atoms with Gasteiger partial charge in [-0.25, -0.2) is 4.79 Å². The summed E-state index contributed by atoms with van der Waals surface area (Å²) in [5.41, 5.74) is 1.56. The fraction of sp³-hybridized carbons (Fsp3) is 0.615. The lowest BCUT2D eigenvalue weighted by atomic mass is 9.96. The molecule has 20 heavy (non-hydrogen) atoms. The zero-order chi connectivity index (χ0) is 15.3. The van der Waals surface area contributed by atoms with Crippen LogP contribution in [-0.4, -0.2) is 28.8 Å². The Morgan fingerprint density at radius 2 is 1.95 bits per heavy atom. The van der Waals surface area contributed by atoms with Crippen LogP contribution >= 0.6 is 0 Å². The number of aliphatic carboxylic acids is 1. The number of aryl methyl sites for hydroxylation is 2. The molecular weight excluding hydrogens is 262 g/mol. The van der Waals surface area contributed by atoms with E-state index < -0.39 is 17.9 Å². The smallest absolute Gasteiger partial charge is 0.315 e. The quantitative estimate of drug-likeness (QED) is 0.733. The summed E-state index contributed by atoms with van der Waals surface area (Å²) >= 11 is 0. The number of carboxylic acids is 1. The van der Waals surface area contributed by atoms with Gasteiger partial charge < -0.3 is 20.3 Å². The SMILES string of the molecule is Cc1noc(C)c1CNC(=O)NCC(C(=O)O)C(C)C. The van der Waals surface area contributed by atoms with Crippen LogP contribution in [0, 0.1) is 25.7 Å². The number of nitrogens with zero attached hydrogens (tertiary/aromatic N) is 1. The van der Waals surface area contributed by atoms with E-state index in [9.17, 15) is 9.59 Å². The van der Waals surface area contributed by atoms with Crippen LogP contribution in [0.3, 0.4) is 0 Å². The number of amides is 2. The maximum Gasteiger partial charge on any atom is 0.315 e. The predicted molar refractivity (Wildman–Crippen MR) is 72.2 cm³/mol. The summed E-state index contributed by atoms with van der Waals surface area (Å²) in [7, 11) is 0. The molecule has 1 rings (SSSR count). The minimum absolute atomic E-state index is 0.0460. The zero-order valence-corrected chi connectivity index (χ0v) is 12.2. The molecule has 1 aromatic heterocycles. The first-order valence-electron chi connectivity index (χ1n) is 6.49. The molecule has 0 saturated carbocycles. The summed E-state index contributed by atoms with van der Waals surface area (Å²) in [4.78, 5) is 22.6. The molecule has 7 nitrogen and oxygen atoms in total. The lowest BCUT2D eigenvalue weighted by molar-refractivity contribution is -0.142. The van der Waals surface area contributed by atoms with Gasteiger partial charge in [0.25, 0.3) is 0 Å². The monoisotopic (exact) mass is 283 g/mol. The second kappa shape index (κ2) is 6.93.